The summed E-state index contributed by atoms with van der Waals surface area (Å²) in [6.45, 7) is 3.15. The second-order valence-corrected chi connectivity index (χ2v) is 4.57. The molecule has 3 N–H and O–H groups in total. The first-order valence-corrected chi connectivity index (χ1v) is 5.83. The van der Waals surface area contributed by atoms with Gasteiger partial charge in [0, 0.05) is 24.5 Å². The van der Waals surface area contributed by atoms with E-state index in [1.807, 2.05) is 12.1 Å². The Morgan fingerprint density at radius 1 is 1.31 bits per heavy atom. The number of benzene rings is 1. The van der Waals surface area contributed by atoms with Crippen molar-refractivity contribution in [2.45, 2.75) is 31.3 Å². The van der Waals surface area contributed by atoms with Crippen LogP contribution in [0, 0.1) is 0 Å². The molecule has 3 atom stereocenters. The first-order valence-electron chi connectivity index (χ1n) is 5.83. The minimum absolute atomic E-state index is 0.267. The summed E-state index contributed by atoms with van der Waals surface area (Å²) in [5.74, 6) is 1.42. The summed E-state index contributed by atoms with van der Waals surface area (Å²) < 4.78 is 5.16. The summed E-state index contributed by atoms with van der Waals surface area (Å²) in [4.78, 5) is 0. The van der Waals surface area contributed by atoms with Gasteiger partial charge >= 0.3 is 0 Å². The number of piperidine rings is 1. The lowest BCUT2D eigenvalue weighted by atomic mass is 9.84. The molecule has 88 valence electrons. The highest BCUT2D eigenvalue weighted by Gasteiger charge is 2.26. The van der Waals surface area contributed by atoms with E-state index in [1.54, 1.807) is 7.11 Å². The second kappa shape index (κ2) is 4.85. The number of nitrogens with two attached hydrogens (primary N) is 1. The van der Waals surface area contributed by atoms with E-state index in [2.05, 4.69) is 24.4 Å². The summed E-state index contributed by atoms with van der Waals surface area (Å²) in [6.07, 6.45) is 1.06. The van der Waals surface area contributed by atoms with Gasteiger partial charge in [0.1, 0.15) is 5.75 Å². The van der Waals surface area contributed by atoms with Crippen molar-refractivity contribution < 1.29 is 4.74 Å². The Bertz CT molecular complexity index is 336. The van der Waals surface area contributed by atoms with Crippen LogP contribution in [0.15, 0.2) is 24.3 Å². The molecule has 1 aromatic rings. The van der Waals surface area contributed by atoms with E-state index < -0.39 is 0 Å². The van der Waals surface area contributed by atoms with Crippen molar-refractivity contribution >= 4 is 0 Å². The zero-order chi connectivity index (χ0) is 11.5. The normalized spacial score (nSPS) is 30.1. The topological polar surface area (TPSA) is 47.3 Å². The Kier molecular flexibility index (Phi) is 3.46. The van der Waals surface area contributed by atoms with Gasteiger partial charge in [-0.05, 0) is 31.0 Å². The lowest BCUT2D eigenvalue weighted by Crippen LogP contribution is -2.48. The molecule has 1 heterocycles. The zero-order valence-corrected chi connectivity index (χ0v) is 9.94. The molecular formula is C13H20N2O. The number of hydrogen-bond acceptors (Lipinski definition) is 3. The lowest BCUT2D eigenvalue weighted by molar-refractivity contribution is 0.337. The Hall–Kier alpha value is -1.06. The maximum Gasteiger partial charge on any atom is 0.118 e. The minimum Gasteiger partial charge on any atom is -0.497 e. The van der Waals surface area contributed by atoms with Gasteiger partial charge in [-0.2, -0.15) is 0 Å². The summed E-state index contributed by atoms with van der Waals surface area (Å²) >= 11 is 0. The highest BCUT2D eigenvalue weighted by atomic mass is 16.5. The Labute approximate surface area is 97.0 Å². The predicted octanol–water partition coefficient (Wildman–Crippen LogP) is 1.49. The van der Waals surface area contributed by atoms with Crippen molar-refractivity contribution in [2.75, 3.05) is 13.7 Å². The predicted molar refractivity (Wildman–Crippen MR) is 65.8 cm³/mol. The van der Waals surface area contributed by atoms with Crippen LogP contribution in [0.2, 0.25) is 0 Å². The van der Waals surface area contributed by atoms with Gasteiger partial charge in [-0.1, -0.05) is 12.1 Å². The van der Waals surface area contributed by atoms with Crippen LogP contribution in [0.5, 0.6) is 5.75 Å². The fourth-order valence-corrected chi connectivity index (χ4v) is 2.37. The first-order chi connectivity index (χ1) is 7.70. The Morgan fingerprint density at radius 2 is 2.00 bits per heavy atom. The van der Waals surface area contributed by atoms with Crippen molar-refractivity contribution in [3.8, 4) is 5.75 Å². The summed E-state index contributed by atoms with van der Waals surface area (Å²) in [5, 5.41) is 3.45. The number of nitrogens with one attached hydrogen (secondary N) is 1. The van der Waals surface area contributed by atoms with Gasteiger partial charge in [0.2, 0.25) is 0 Å². The van der Waals surface area contributed by atoms with Gasteiger partial charge in [-0.25, -0.2) is 0 Å². The third-order valence-corrected chi connectivity index (χ3v) is 3.41. The lowest BCUT2D eigenvalue weighted by Gasteiger charge is -2.34. The van der Waals surface area contributed by atoms with Crippen molar-refractivity contribution in [3.05, 3.63) is 29.8 Å². The maximum atomic E-state index is 5.99. The van der Waals surface area contributed by atoms with Crippen molar-refractivity contribution in [1.29, 1.82) is 0 Å². The van der Waals surface area contributed by atoms with Gasteiger partial charge in [0.05, 0.1) is 7.11 Å². The number of methoxy groups -OCH3 is 1. The Balaban J connectivity index is 2.15. The molecule has 1 saturated heterocycles. The molecule has 1 aliphatic rings. The van der Waals surface area contributed by atoms with Gasteiger partial charge < -0.3 is 15.8 Å². The highest BCUT2D eigenvalue weighted by Crippen LogP contribution is 2.28. The number of ether oxygens (including phenoxy) is 1. The van der Waals surface area contributed by atoms with E-state index in [1.165, 1.54) is 5.56 Å². The van der Waals surface area contributed by atoms with Gasteiger partial charge in [-0.3, -0.25) is 0 Å². The molecule has 0 aliphatic carbocycles. The smallest absolute Gasteiger partial charge is 0.118 e. The molecule has 0 aromatic heterocycles. The van der Waals surface area contributed by atoms with Crippen molar-refractivity contribution in [1.82, 2.24) is 5.32 Å². The quantitative estimate of drug-likeness (QED) is 0.794. The molecule has 0 bridgehead atoms. The average Bonchev–Trinajstić information content (AvgIpc) is 2.32. The molecule has 3 unspecified atom stereocenters. The molecule has 3 nitrogen and oxygen atoms in total. The van der Waals surface area contributed by atoms with E-state index in [0.717, 1.165) is 18.7 Å². The van der Waals surface area contributed by atoms with E-state index in [9.17, 15) is 0 Å². The van der Waals surface area contributed by atoms with Crippen LogP contribution < -0.4 is 15.8 Å². The molecule has 0 radical (unpaired) electrons. The highest BCUT2D eigenvalue weighted by molar-refractivity contribution is 5.30. The van der Waals surface area contributed by atoms with E-state index in [-0.39, 0.29) is 6.04 Å². The monoisotopic (exact) mass is 220 g/mol. The molecule has 0 spiro atoms. The third-order valence-electron chi connectivity index (χ3n) is 3.41. The van der Waals surface area contributed by atoms with Crippen molar-refractivity contribution in [3.63, 3.8) is 0 Å². The summed E-state index contributed by atoms with van der Waals surface area (Å²) in [7, 11) is 1.69. The molecule has 3 heteroatoms. The molecule has 16 heavy (non-hydrogen) atoms. The van der Waals surface area contributed by atoms with Crippen LogP contribution in [0.1, 0.15) is 24.8 Å². The molecule has 1 aromatic carbocycles. The average molecular weight is 220 g/mol. The summed E-state index contributed by atoms with van der Waals surface area (Å²) in [5.41, 5.74) is 7.34. The Morgan fingerprint density at radius 3 is 2.62 bits per heavy atom. The van der Waals surface area contributed by atoms with Gasteiger partial charge in [0.15, 0.2) is 0 Å². The SMILES string of the molecule is COc1ccc(C2CC(N)CNC2C)cc1. The van der Waals surface area contributed by atoms with Gasteiger partial charge in [-0.15, -0.1) is 0 Å². The minimum atomic E-state index is 0.267. The third kappa shape index (κ3) is 2.36. The fraction of sp³-hybridized carbons (Fsp3) is 0.538. The van der Waals surface area contributed by atoms with Crippen LogP contribution in [0.3, 0.4) is 0 Å². The summed E-state index contributed by atoms with van der Waals surface area (Å²) in [6, 6.07) is 9.07. The second-order valence-electron chi connectivity index (χ2n) is 4.57. The molecule has 0 saturated carbocycles. The van der Waals surface area contributed by atoms with Crippen LogP contribution in [0.25, 0.3) is 0 Å². The number of hydrogen-bond donors (Lipinski definition) is 2. The molecule has 1 aliphatic heterocycles. The van der Waals surface area contributed by atoms with Gasteiger partial charge in [0.25, 0.3) is 0 Å². The fourth-order valence-electron chi connectivity index (χ4n) is 2.37. The van der Waals surface area contributed by atoms with Crippen LogP contribution in [-0.4, -0.2) is 25.7 Å². The van der Waals surface area contributed by atoms with Crippen LogP contribution >= 0.6 is 0 Å². The molecule has 0 amide bonds. The first kappa shape index (κ1) is 11.4. The molecular weight excluding hydrogens is 200 g/mol. The standard InChI is InChI=1S/C13H20N2O/c1-9-13(7-11(14)8-15-9)10-3-5-12(16-2)6-4-10/h3-6,9,11,13,15H,7-8,14H2,1-2H3. The van der Waals surface area contributed by atoms with E-state index >= 15 is 0 Å². The van der Waals surface area contributed by atoms with E-state index in [0.29, 0.717) is 12.0 Å². The van der Waals surface area contributed by atoms with Crippen LogP contribution in [-0.2, 0) is 0 Å². The maximum absolute atomic E-state index is 5.99. The molecule has 1 fully saturated rings. The van der Waals surface area contributed by atoms with Crippen LogP contribution in [0.4, 0.5) is 0 Å². The van der Waals surface area contributed by atoms with Crippen molar-refractivity contribution in [2.24, 2.45) is 5.73 Å². The number of rotatable bonds is 2. The van der Waals surface area contributed by atoms with E-state index in [4.69, 9.17) is 10.5 Å². The zero-order valence-electron chi connectivity index (χ0n) is 9.94. The largest absolute Gasteiger partial charge is 0.497 e. The molecule has 2 rings (SSSR count).